The zero-order valence-electron chi connectivity index (χ0n) is 12.7. The van der Waals surface area contributed by atoms with Crippen LogP contribution in [0.15, 0.2) is 59.5 Å². The fourth-order valence-corrected chi connectivity index (χ4v) is 2.35. The maximum atomic E-state index is 12.3. The largest absolute Gasteiger partial charge is 0.471 e. The van der Waals surface area contributed by atoms with Gasteiger partial charge in [0.2, 0.25) is 0 Å². The van der Waals surface area contributed by atoms with E-state index in [4.69, 9.17) is 44.3 Å². The van der Waals surface area contributed by atoms with Crippen molar-refractivity contribution < 1.29 is 9.47 Å². The third-order valence-corrected chi connectivity index (χ3v) is 4.01. The molecule has 0 unspecified atom stereocenters. The topological polar surface area (TPSA) is 53.3 Å². The molecule has 0 aliphatic carbocycles. The summed E-state index contributed by atoms with van der Waals surface area (Å²) in [6.45, 7) is -0.0958. The predicted octanol–water partition coefficient (Wildman–Crippen LogP) is 5.03. The van der Waals surface area contributed by atoms with E-state index in [1.165, 1.54) is 6.20 Å². The fraction of sp³-hybridized carbons (Fsp3) is 0.0588. The highest BCUT2D eigenvalue weighted by molar-refractivity contribution is 6.32. The van der Waals surface area contributed by atoms with Crippen molar-refractivity contribution in [2.45, 2.75) is 6.73 Å². The van der Waals surface area contributed by atoms with E-state index in [1.54, 1.807) is 48.5 Å². The number of hydrogen-bond acceptors (Lipinski definition) is 4. The summed E-state index contributed by atoms with van der Waals surface area (Å²) in [5.74, 6) is 1.19. The Morgan fingerprint density at radius 1 is 0.880 bits per heavy atom. The number of nitrogens with zero attached hydrogens (tertiary/aromatic N) is 2. The van der Waals surface area contributed by atoms with Crippen LogP contribution in [0.25, 0.3) is 0 Å². The van der Waals surface area contributed by atoms with Gasteiger partial charge in [0.05, 0.1) is 6.20 Å². The number of rotatable bonds is 5. The first-order valence-electron chi connectivity index (χ1n) is 7.10. The molecule has 0 aliphatic rings. The molecule has 25 heavy (non-hydrogen) atoms. The van der Waals surface area contributed by atoms with E-state index in [1.807, 2.05) is 0 Å². The molecule has 0 radical (unpaired) electrons. The Balaban J connectivity index is 1.74. The number of halogens is 3. The number of benzene rings is 2. The van der Waals surface area contributed by atoms with Gasteiger partial charge < -0.3 is 9.47 Å². The molecule has 8 heteroatoms. The summed E-state index contributed by atoms with van der Waals surface area (Å²) < 4.78 is 12.1. The average Bonchev–Trinajstić information content (AvgIpc) is 2.61. The van der Waals surface area contributed by atoms with Crippen LogP contribution in [0.3, 0.4) is 0 Å². The molecular formula is C17H11Cl3N2O3. The molecule has 3 rings (SSSR count). The van der Waals surface area contributed by atoms with Crippen molar-refractivity contribution in [3.05, 3.63) is 80.1 Å². The predicted molar refractivity (Wildman–Crippen MR) is 97.1 cm³/mol. The minimum absolute atomic E-state index is 0.0929. The van der Waals surface area contributed by atoms with Crippen LogP contribution in [0, 0.1) is 0 Å². The Morgan fingerprint density at radius 2 is 1.44 bits per heavy atom. The van der Waals surface area contributed by atoms with E-state index in [-0.39, 0.29) is 17.5 Å². The standard InChI is InChI=1S/C17H11Cl3N2O3/c18-11-1-5-13(6-2-11)24-10-22-17(23)16(20)15(9-21-22)25-14-7-3-12(19)4-8-14/h1-9H,10H2. The van der Waals surface area contributed by atoms with Crippen LogP contribution in [0.5, 0.6) is 17.2 Å². The maximum Gasteiger partial charge on any atom is 0.292 e. The van der Waals surface area contributed by atoms with Gasteiger partial charge in [-0.2, -0.15) is 9.78 Å². The lowest BCUT2D eigenvalue weighted by molar-refractivity contribution is 0.213. The highest BCUT2D eigenvalue weighted by Crippen LogP contribution is 2.26. The van der Waals surface area contributed by atoms with Gasteiger partial charge in [-0.05, 0) is 48.5 Å². The third kappa shape index (κ3) is 4.45. The van der Waals surface area contributed by atoms with Gasteiger partial charge in [-0.1, -0.05) is 34.8 Å². The zero-order chi connectivity index (χ0) is 17.8. The molecule has 0 saturated heterocycles. The van der Waals surface area contributed by atoms with Gasteiger partial charge in [0, 0.05) is 10.0 Å². The van der Waals surface area contributed by atoms with Gasteiger partial charge in [-0.15, -0.1) is 0 Å². The molecule has 1 aromatic heterocycles. The van der Waals surface area contributed by atoms with Crippen LogP contribution in [0.4, 0.5) is 0 Å². The van der Waals surface area contributed by atoms with Crippen LogP contribution in [-0.2, 0) is 6.73 Å². The van der Waals surface area contributed by atoms with Crippen molar-refractivity contribution in [1.29, 1.82) is 0 Å². The second-order valence-electron chi connectivity index (χ2n) is 4.91. The van der Waals surface area contributed by atoms with E-state index in [9.17, 15) is 4.79 Å². The number of ether oxygens (including phenoxy) is 2. The quantitative estimate of drug-likeness (QED) is 0.606. The van der Waals surface area contributed by atoms with Gasteiger partial charge in [0.1, 0.15) is 11.5 Å². The smallest absolute Gasteiger partial charge is 0.292 e. The molecule has 128 valence electrons. The lowest BCUT2D eigenvalue weighted by Gasteiger charge is -2.10. The summed E-state index contributed by atoms with van der Waals surface area (Å²) in [5, 5.41) is 5.08. The second kappa shape index (κ2) is 7.78. The Kier molecular flexibility index (Phi) is 5.48. The van der Waals surface area contributed by atoms with Crippen molar-refractivity contribution in [3.63, 3.8) is 0 Å². The molecule has 0 fully saturated rings. The van der Waals surface area contributed by atoms with E-state index < -0.39 is 5.56 Å². The normalized spacial score (nSPS) is 10.5. The number of aromatic nitrogens is 2. The SMILES string of the molecule is O=c1c(Cl)c(Oc2ccc(Cl)cc2)cnn1COc1ccc(Cl)cc1. The van der Waals surface area contributed by atoms with Crippen LogP contribution >= 0.6 is 34.8 Å². The molecule has 0 bridgehead atoms. The highest BCUT2D eigenvalue weighted by Gasteiger charge is 2.12. The van der Waals surface area contributed by atoms with Gasteiger partial charge in [-0.25, -0.2) is 0 Å². The summed E-state index contributed by atoms with van der Waals surface area (Å²) >= 11 is 17.7. The van der Waals surface area contributed by atoms with Crippen molar-refractivity contribution in [2.75, 3.05) is 0 Å². The second-order valence-corrected chi connectivity index (χ2v) is 6.16. The van der Waals surface area contributed by atoms with E-state index in [2.05, 4.69) is 5.10 Å². The van der Waals surface area contributed by atoms with E-state index >= 15 is 0 Å². The first kappa shape index (κ1) is 17.6. The molecular weight excluding hydrogens is 387 g/mol. The first-order valence-corrected chi connectivity index (χ1v) is 8.24. The molecule has 2 aromatic carbocycles. The summed E-state index contributed by atoms with van der Waals surface area (Å²) in [5.41, 5.74) is -0.526. The minimum atomic E-state index is -0.526. The zero-order valence-corrected chi connectivity index (χ0v) is 14.9. The Labute approximate surface area is 158 Å². The van der Waals surface area contributed by atoms with Crippen molar-refractivity contribution in [3.8, 4) is 17.2 Å². The number of hydrogen-bond donors (Lipinski definition) is 0. The Morgan fingerprint density at radius 3 is 2.04 bits per heavy atom. The summed E-state index contributed by atoms with van der Waals surface area (Å²) in [6, 6.07) is 13.4. The monoisotopic (exact) mass is 396 g/mol. The molecule has 0 aliphatic heterocycles. The van der Waals surface area contributed by atoms with Gasteiger partial charge in [0.25, 0.3) is 5.56 Å². The van der Waals surface area contributed by atoms with E-state index in [0.29, 0.717) is 21.5 Å². The average molecular weight is 398 g/mol. The molecule has 1 heterocycles. The molecule has 0 amide bonds. The molecule has 0 saturated carbocycles. The minimum Gasteiger partial charge on any atom is -0.471 e. The molecule has 0 atom stereocenters. The van der Waals surface area contributed by atoms with Crippen LogP contribution in [0.2, 0.25) is 15.1 Å². The van der Waals surface area contributed by atoms with E-state index in [0.717, 1.165) is 4.68 Å². The van der Waals surface area contributed by atoms with Gasteiger partial charge >= 0.3 is 0 Å². The lowest BCUT2D eigenvalue weighted by atomic mass is 10.3. The molecule has 3 aromatic rings. The summed E-state index contributed by atoms with van der Waals surface area (Å²) in [7, 11) is 0. The molecule has 5 nitrogen and oxygen atoms in total. The maximum absolute atomic E-state index is 12.3. The van der Waals surface area contributed by atoms with Gasteiger partial charge in [-0.3, -0.25) is 4.79 Å². The molecule has 0 N–H and O–H groups in total. The third-order valence-electron chi connectivity index (χ3n) is 3.16. The van der Waals surface area contributed by atoms with Gasteiger partial charge in [0.15, 0.2) is 17.5 Å². The van der Waals surface area contributed by atoms with Crippen molar-refractivity contribution in [1.82, 2.24) is 9.78 Å². The first-order chi connectivity index (χ1) is 12.0. The highest BCUT2D eigenvalue weighted by atomic mass is 35.5. The van der Waals surface area contributed by atoms with Crippen molar-refractivity contribution in [2.24, 2.45) is 0 Å². The van der Waals surface area contributed by atoms with Crippen LogP contribution < -0.4 is 15.0 Å². The van der Waals surface area contributed by atoms with Crippen LogP contribution in [-0.4, -0.2) is 9.78 Å². The molecule has 0 spiro atoms. The lowest BCUT2D eigenvalue weighted by Crippen LogP contribution is -2.25. The Hall–Kier alpha value is -2.21. The summed E-state index contributed by atoms with van der Waals surface area (Å²) in [4.78, 5) is 12.3. The Bertz CT molecular complexity index is 925. The van der Waals surface area contributed by atoms with Crippen molar-refractivity contribution >= 4 is 34.8 Å². The van der Waals surface area contributed by atoms with Crippen LogP contribution in [0.1, 0.15) is 0 Å². The fourth-order valence-electron chi connectivity index (χ4n) is 1.91. The summed E-state index contributed by atoms with van der Waals surface area (Å²) in [6.07, 6.45) is 1.35.